The minimum absolute atomic E-state index is 0.118. The van der Waals surface area contributed by atoms with Gasteiger partial charge in [-0.25, -0.2) is 14.4 Å². The van der Waals surface area contributed by atoms with Crippen LogP contribution >= 0.6 is 0 Å². The monoisotopic (exact) mass is 456 g/mol. The Morgan fingerprint density at radius 1 is 0.727 bits per heavy atom. The zero-order valence-electron chi connectivity index (χ0n) is 21.0. The number of hydrogen-bond donors (Lipinski definition) is 0. The molecule has 0 spiro atoms. The van der Waals surface area contributed by atoms with Crippen molar-refractivity contribution in [3.05, 3.63) is 42.2 Å². The van der Waals surface area contributed by atoms with Crippen molar-refractivity contribution in [3.8, 4) is 17.1 Å². The molecule has 0 N–H and O–H groups in total. The van der Waals surface area contributed by atoms with Gasteiger partial charge in [0.2, 0.25) is 0 Å². The van der Waals surface area contributed by atoms with E-state index in [1.807, 2.05) is 36.7 Å². The minimum Gasteiger partial charge on any atom is -0.491 e. The molecular weight excluding hydrogens is 411 g/mol. The number of nitrogens with zero attached hydrogens (tertiary/aromatic N) is 2. The first-order chi connectivity index (χ1) is 16.2. The van der Waals surface area contributed by atoms with Gasteiger partial charge in [0.1, 0.15) is 18.5 Å². The summed E-state index contributed by atoms with van der Waals surface area (Å²) in [6, 6.07) is 7.62. The van der Waals surface area contributed by atoms with Gasteiger partial charge in [-0.2, -0.15) is 0 Å². The third kappa shape index (κ3) is 12.2. The molecule has 2 aromatic rings. The van der Waals surface area contributed by atoms with Crippen molar-refractivity contribution in [1.82, 2.24) is 9.97 Å². The summed E-state index contributed by atoms with van der Waals surface area (Å²) in [5.74, 6) is 1.41. The first-order valence-corrected chi connectivity index (χ1v) is 13.4. The average molecular weight is 457 g/mol. The van der Waals surface area contributed by atoms with E-state index in [1.54, 1.807) is 0 Å². The van der Waals surface area contributed by atoms with E-state index >= 15 is 0 Å². The van der Waals surface area contributed by atoms with Gasteiger partial charge in [0.05, 0.1) is 0 Å². The molecule has 0 amide bonds. The number of rotatable bonds is 19. The minimum atomic E-state index is -0.900. The molecule has 0 bridgehead atoms. The van der Waals surface area contributed by atoms with E-state index in [4.69, 9.17) is 4.74 Å². The topological polar surface area (TPSA) is 35.0 Å². The molecule has 0 aliphatic rings. The van der Waals surface area contributed by atoms with E-state index in [-0.39, 0.29) is 6.61 Å². The number of ether oxygens (including phenoxy) is 1. The van der Waals surface area contributed by atoms with Crippen molar-refractivity contribution in [1.29, 1.82) is 0 Å². The second kappa shape index (κ2) is 17.5. The lowest BCUT2D eigenvalue weighted by atomic mass is 10.0. The van der Waals surface area contributed by atoms with E-state index in [1.165, 1.54) is 69.8 Å². The zero-order chi connectivity index (χ0) is 23.6. The highest BCUT2D eigenvalue weighted by Crippen LogP contribution is 2.20. The molecule has 0 fully saturated rings. The molecule has 1 unspecified atom stereocenters. The Kier molecular flexibility index (Phi) is 14.5. The summed E-state index contributed by atoms with van der Waals surface area (Å²) >= 11 is 0. The maximum Gasteiger partial charge on any atom is 0.159 e. The van der Waals surface area contributed by atoms with Gasteiger partial charge in [0.15, 0.2) is 5.82 Å². The first-order valence-electron chi connectivity index (χ1n) is 13.4. The summed E-state index contributed by atoms with van der Waals surface area (Å²) in [6.07, 6.45) is 21.2. The Balaban J connectivity index is 1.62. The third-order valence-corrected chi connectivity index (χ3v) is 6.19. The Bertz CT molecular complexity index is 717. The number of halogens is 1. The third-order valence-electron chi connectivity index (χ3n) is 6.19. The average Bonchev–Trinajstić information content (AvgIpc) is 2.85. The van der Waals surface area contributed by atoms with E-state index < -0.39 is 6.17 Å². The summed E-state index contributed by atoms with van der Waals surface area (Å²) in [6.45, 7) is 4.51. The molecule has 1 aromatic carbocycles. The van der Waals surface area contributed by atoms with Crippen LogP contribution in [0.15, 0.2) is 36.7 Å². The van der Waals surface area contributed by atoms with E-state index in [0.29, 0.717) is 12.2 Å². The van der Waals surface area contributed by atoms with Crippen molar-refractivity contribution < 1.29 is 9.13 Å². The van der Waals surface area contributed by atoms with Crippen LogP contribution in [0.25, 0.3) is 11.4 Å². The Morgan fingerprint density at radius 3 is 1.88 bits per heavy atom. The summed E-state index contributed by atoms with van der Waals surface area (Å²) in [5, 5.41) is 0. The van der Waals surface area contributed by atoms with Crippen LogP contribution in [0.1, 0.15) is 109 Å². The number of hydrogen-bond acceptors (Lipinski definition) is 3. The molecule has 184 valence electrons. The van der Waals surface area contributed by atoms with Crippen molar-refractivity contribution in [2.24, 2.45) is 0 Å². The molecular formula is C29H45FN2O. The molecule has 33 heavy (non-hydrogen) atoms. The molecule has 0 aliphatic heterocycles. The van der Waals surface area contributed by atoms with Crippen molar-refractivity contribution in [2.75, 3.05) is 6.61 Å². The molecule has 1 heterocycles. The fourth-order valence-corrected chi connectivity index (χ4v) is 4.04. The van der Waals surface area contributed by atoms with Gasteiger partial charge in [-0.1, -0.05) is 90.9 Å². The van der Waals surface area contributed by atoms with E-state index in [9.17, 15) is 4.39 Å². The summed E-state index contributed by atoms with van der Waals surface area (Å²) < 4.78 is 19.5. The van der Waals surface area contributed by atoms with Gasteiger partial charge < -0.3 is 4.74 Å². The molecule has 0 radical (unpaired) electrons. The molecule has 0 saturated carbocycles. The fourth-order valence-electron chi connectivity index (χ4n) is 4.04. The number of aryl methyl sites for hydroxylation is 1. The second-order valence-electron chi connectivity index (χ2n) is 9.28. The van der Waals surface area contributed by atoms with Crippen LogP contribution in [-0.4, -0.2) is 22.7 Å². The van der Waals surface area contributed by atoms with Gasteiger partial charge >= 0.3 is 0 Å². The van der Waals surface area contributed by atoms with Gasteiger partial charge in [-0.15, -0.1) is 0 Å². The van der Waals surface area contributed by atoms with Crippen LogP contribution < -0.4 is 4.74 Å². The van der Waals surface area contributed by atoms with Gasteiger partial charge in [-0.05, 0) is 49.1 Å². The molecule has 3 nitrogen and oxygen atoms in total. The highest BCUT2D eigenvalue weighted by atomic mass is 19.1. The summed E-state index contributed by atoms with van der Waals surface area (Å²) in [5.41, 5.74) is 2.16. The maximum atomic E-state index is 13.9. The van der Waals surface area contributed by atoms with Crippen molar-refractivity contribution in [2.45, 2.75) is 116 Å². The van der Waals surface area contributed by atoms with Gasteiger partial charge in [0.25, 0.3) is 0 Å². The van der Waals surface area contributed by atoms with E-state index in [0.717, 1.165) is 37.1 Å². The largest absolute Gasteiger partial charge is 0.491 e. The van der Waals surface area contributed by atoms with Gasteiger partial charge in [0, 0.05) is 18.0 Å². The van der Waals surface area contributed by atoms with Crippen molar-refractivity contribution >= 4 is 0 Å². The molecule has 0 saturated heterocycles. The number of aromatic nitrogens is 2. The van der Waals surface area contributed by atoms with Crippen LogP contribution in [0.4, 0.5) is 4.39 Å². The predicted octanol–water partition coefficient (Wildman–Crippen LogP) is 8.90. The zero-order valence-corrected chi connectivity index (χ0v) is 21.0. The quantitative estimate of drug-likeness (QED) is 0.198. The maximum absolute atomic E-state index is 13.9. The van der Waals surface area contributed by atoms with Crippen LogP contribution in [0.2, 0.25) is 0 Å². The van der Waals surface area contributed by atoms with Crippen LogP contribution in [0.5, 0.6) is 5.75 Å². The fraction of sp³-hybridized carbons (Fsp3) is 0.655. The Hall–Kier alpha value is -1.97. The molecule has 1 aromatic heterocycles. The lowest BCUT2D eigenvalue weighted by Crippen LogP contribution is -2.12. The smallest absolute Gasteiger partial charge is 0.159 e. The van der Waals surface area contributed by atoms with Gasteiger partial charge in [-0.3, -0.25) is 0 Å². The molecule has 0 aliphatic carbocycles. The number of unbranched alkanes of at least 4 members (excludes halogenated alkanes) is 11. The molecule has 4 heteroatoms. The number of benzene rings is 1. The second-order valence-corrected chi connectivity index (χ2v) is 9.28. The number of alkyl halides is 1. The normalized spacial score (nSPS) is 12.1. The highest BCUT2D eigenvalue weighted by Gasteiger charge is 2.08. The SMILES string of the molecule is CCCCCCCCCCCCc1cnc(-c2ccc(OCC(F)CCCCC)cc2)nc1. The summed E-state index contributed by atoms with van der Waals surface area (Å²) in [4.78, 5) is 9.09. The predicted molar refractivity (Wildman–Crippen MR) is 138 cm³/mol. The Labute approximate surface area is 201 Å². The molecule has 2 rings (SSSR count). The van der Waals surface area contributed by atoms with Crippen LogP contribution in [-0.2, 0) is 6.42 Å². The van der Waals surface area contributed by atoms with Crippen molar-refractivity contribution in [3.63, 3.8) is 0 Å². The standard InChI is InChI=1S/C29H45FN2O/c1-3-5-7-8-9-10-11-12-13-15-16-25-22-31-29(32-23-25)26-18-20-28(21-19-26)33-24-27(30)17-14-6-4-2/h18-23,27H,3-17,24H2,1-2H3. The van der Waals surface area contributed by atoms with Crippen LogP contribution in [0, 0.1) is 0 Å². The van der Waals surface area contributed by atoms with E-state index in [2.05, 4.69) is 23.8 Å². The lowest BCUT2D eigenvalue weighted by Gasteiger charge is -2.10. The molecule has 1 atom stereocenters. The summed E-state index contributed by atoms with van der Waals surface area (Å²) in [7, 11) is 0. The van der Waals surface area contributed by atoms with Crippen LogP contribution in [0.3, 0.4) is 0 Å². The lowest BCUT2D eigenvalue weighted by molar-refractivity contribution is 0.184. The Morgan fingerprint density at radius 2 is 1.27 bits per heavy atom. The first kappa shape index (κ1) is 27.3. The highest BCUT2D eigenvalue weighted by molar-refractivity contribution is 5.55.